The zero-order valence-corrected chi connectivity index (χ0v) is 13.3. The van der Waals surface area contributed by atoms with Gasteiger partial charge in [-0.15, -0.1) is 0 Å². The van der Waals surface area contributed by atoms with E-state index in [0.717, 1.165) is 18.2 Å². The number of hydrogen-bond donors (Lipinski definition) is 2. The van der Waals surface area contributed by atoms with E-state index >= 15 is 0 Å². The first kappa shape index (κ1) is 19.5. The molecule has 0 fully saturated rings. The maximum atomic E-state index is 12.7. The molecule has 1 aromatic rings. The van der Waals surface area contributed by atoms with Gasteiger partial charge in [0, 0.05) is 5.56 Å². The summed E-state index contributed by atoms with van der Waals surface area (Å²) in [7, 11) is 0. The van der Waals surface area contributed by atoms with Gasteiger partial charge in [-0.2, -0.15) is 18.4 Å². The Morgan fingerprint density at radius 2 is 1.96 bits per heavy atom. The minimum absolute atomic E-state index is 0.0599. The molecule has 0 saturated heterocycles. The van der Waals surface area contributed by atoms with E-state index in [2.05, 4.69) is 10.6 Å². The molecule has 0 unspecified atom stereocenters. The first-order valence-corrected chi connectivity index (χ1v) is 7.28. The Balaban J connectivity index is 2.92. The molecule has 0 aliphatic carbocycles. The number of nitriles is 1. The number of nitrogens with one attached hydrogen (secondary N) is 2. The van der Waals surface area contributed by atoms with Crippen molar-refractivity contribution in [1.29, 1.82) is 5.26 Å². The fourth-order valence-corrected chi connectivity index (χ4v) is 2.03. The molecule has 2 amide bonds. The van der Waals surface area contributed by atoms with Crippen molar-refractivity contribution in [2.45, 2.75) is 32.5 Å². The third-order valence-electron chi connectivity index (χ3n) is 3.12. The number of rotatable bonds is 6. The van der Waals surface area contributed by atoms with Crippen molar-refractivity contribution in [3.8, 4) is 6.07 Å². The molecule has 5 nitrogen and oxygen atoms in total. The molecule has 1 aromatic carbocycles. The Morgan fingerprint density at radius 1 is 1.29 bits per heavy atom. The number of carbonyl (C=O) groups excluding carboxylic acids is 2. The number of nitrogens with zero attached hydrogens (tertiary/aromatic N) is 1. The summed E-state index contributed by atoms with van der Waals surface area (Å²) >= 11 is 0. The quantitative estimate of drug-likeness (QED) is 0.780. The van der Waals surface area contributed by atoms with Gasteiger partial charge in [0.15, 0.2) is 0 Å². The number of benzene rings is 1. The number of alkyl halides is 3. The summed E-state index contributed by atoms with van der Waals surface area (Å²) in [5.74, 6) is -1.27. The van der Waals surface area contributed by atoms with Crippen LogP contribution < -0.4 is 10.6 Å². The van der Waals surface area contributed by atoms with Crippen LogP contribution in [0.1, 0.15) is 36.2 Å². The van der Waals surface area contributed by atoms with Gasteiger partial charge in [-0.05, 0) is 30.5 Å². The molecule has 24 heavy (non-hydrogen) atoms. The SMILES string of the molecule is CC(C)C[C@H](NC(=O)c1cccc(C(F)(F)F)c1)C(=O)NCC#N. The van der Waals surface area contributed by atoms with Gasteiger partial charge >= 0.3 is 6.18 Å². The summed E-state index contributed by atoms with van der Waals surface area (Å²) in [5, 5.41) is 13.2. The van der Waals surface area contributed by atoms with Crippen molar-refractivity contribution in [1.82, 2.24) is 10.6 Å². The molecule has 0 bridgehead atoms. The Labute approximate surface area is 137 Å². The van der Waals surface area contributed by atoms with E-state index in [-0.39, 0.29) is 18.0 Å². The molecule has 0 heterocycles. The Morgan fingerprint density at radius 3 is 2.50 bits per heavy atom. The lowest BCUT2D eigenvalue weighted by atomic mass is 10.0. The van der Waals surface area contributed by atoms with Gasteiger partial charge in [-0.25, -0.2) is 0 Å². The van der Waals surface area contributed by atoms with Crippen LogP contribution in [0.5, 0.6) is 0 Å². The minimum atomic E-state index is -4.56. The molecular formula is C16H18F3N3O2. The molecule has 0 radical (unpaired) electrons. The second kappa shape index (κ2) is 8.34. The molecule has 0 spiro atoms. The molecule has 0 aliphatic heterocycles. The largest absolute Gasteiger partial charge is 0.416 e. The highest BCUT2D eigenvalue weighted by molar-refractivity contribution is 5.97. The van der Waals surface area contributed by atoms with Crippen molar-refractivity contribution in [3.05, 3.63) is 35.4 Å². The molecule has 0 saturated carbocycles. The van der Waals surface area contributed by atoms with Crippen LogP contribution >= 0.6 is 0 Å². The molecule has 1 atom stereocenters. The van der Waals surface area contributed by atoms with Crippen LogP contribution in [-0.4, -0.2) is 24.4 Å². The maximum absolute atomic E-state index is 12.7. The van der Waals surface area contributed by atoms with Crippen LogP contribution in [0.25, 0.3) is 0 Å². The second-order valence-electron chi connectivity index (χ2n) is 5.61. The third-order valence-corrected chi connectivity index (χ3v) is 3.12. The summed E-state index contributed by atoms with van der Waals surface area (Å²) in [6, 6.07) is 4.78. The monoisotopic (exact) mass is 341 g/mol. The standard InChI is InChI=1S/C16H18F3N3O2/c1-10(2)8-13(15(24)21-7-6-20)22-14(23)11-4-3-5-12(9-11)16(17,18)19/h3-5,9-10,13H,7-8H2,1-2H3,(H,21,24)(H,22,23)/t13-/m0/s1. The van der Waals surface area contributed by atoms with Crippen LogP contribution in [0.2, 0.25) is 0 Å². The van der Waals surface area contributed by atoms with Gasteiger partial charge in [0.25, 0.3) is 5.91 Å². The molecular weight excluding hydrogens is 323 g/mol. The summed E-state index contributed by atoms with van der Waals surface area (Å²) in [4.78, 5) is 24.1. The van der Waals surface area contributed by atoms with Gasteiger partial charge in [0.2, 0.25) is 5.91 Å². The highest BCUT2D eigenvalue weighted by Crippen LogP contribution is 2.29. The first-order valence-electron chi connectivity index (χ1n) is 7.28. The Hall–Kier alpha value is -2.56. The van der Waals surface area contributed by atoms with Crippen molar-refractivity contribution in [3.63, 3.8) is 0 Å². The number of carbonyl (C=O) groups is 2. The molecule has 8 heteroatoms. The number of halogens is 3. The van der Waals surface area contributed by atoms with E-state index < -0.39 is 29.6 Å². The van der Waals surface area contributed by atoms with Gasteiger partial charge in [-0.3, -0.25) is 9.59 Å². The normalized spacial score (nSPS) is 12.4. The van der Waals surface area contributed by atoms with Crippen molar-refractivity contribution >= 4 is 11.8 Å². The lowest BCUT2D eigenvalue weighted by Gasteiger charge is -2.19. The lowest BCUT2D eigenvalue weighted by molar-refractivity contribution is -0.137. The smallest absolute Gasteiger partial charge is 0.341 e. The van der Waals surface area contributed by atoms with Crippen molar-refractivity contribution in [2.24, 2.45) is 5.92 Å². The summed E-state index contributed by atoms with van der Waals surface area (Å²) in [6.45, 7) is 3.45. The van der Waals surface area contributed by atoms with Crippen LogP contribution in [0, 0.1) is 17.2 Å². The summed E-state index contributed by atoms with van der Waals surface area (Å²) < 4.78 is 38.1. The van der Waals surface area contributed by atoms with Gasteiger partial charge in [0.1, 0.15) is 12.6 Å². The van der Waals surface area contributed by atoms with E-state index in [9.17, 15) is 22.8 Å². The molecule has 0 aromatic heterocycles. The molecule has 1 rings (SSSR count). The van der Waals surface area contributed by atoms with Gasteiger partial charge in [0.05, 0.1) is 11.6 Å². The Bertz CT molecular complexity index is 636. The fraction of sp³-hybridized carbons (Fsp3) is 0.438. The number of hydrogen-bond acceptors (Lipinski definition) is 3. The Kier molecular flexibility index (Phi) is 6.77. The summed E-state index contributed by atoms with van der Waals surface area (Å²) in [6.07, 6.45) is -4.26. The third kappa shape index (κ3) is 5.91. The summed E-state index contributed by atoms with van der Waals surface area (Å²) in [5.41, 5.74) is -1.13. The molecule has 0 aliphatic rings. The van der Waals surface area contributed by atoms with Crippen LogP contribution in [0.4, 0.5) is 13.2 Å². The minimum Gasteiger partial charge on any atom is -0.341 e. The van der Waals surface area contributed by atoms with Crippen LogP contribution in [0.3, 0.4) is 0 Å². The lowest BCUT2D eigenvalue weighted by Crippen LogP contribution is -2.47. The van der Waals surface area contributed by atoms with Gasteiger partial charge < -0.3 is 10.6 Å². The topological polar surface area (TPSA) is 82.0 Å². The zero-order chi connectivity index (χ0) is 18.3. The fourth-order valence-electron chi connectivity index (χ4n) is 2.03. The predicted octanol–water partition coefficient (Wildman–Crippen LogP) is 2.49. The molecule has 2 N–H and O–H groups in total. The van der Waals surface area contributed by atoms with E-state index in [4.69, 9.17) is 5.26 Å². The van der Waals surface area contributed by atoms with E-state index in [1.165, 1.54) is 6.07 Å². The highest BCUT2D eigenvalue weighted by Gasteiger charge is 2.31. The molecule has 130 valence electrons. The number of amides is 2. The zero-order valence-electron chi connectivity index (χ0n) is 13.3. The average molecular weight is 341 g/mol. The van der Waals surface area contributed by atoms with E-state index in [0.29, 0.717) is 6.42 Å². The van der Waals surface area contributed by atoms with E-state index in [1.807, 2.05) is 13.8 Å². The maximum Gasteiger partial charge on any atom is 0.416 e. The predicted molar refractivity (Wildman–Crippen MR) is 80.8 cm³/mol. The average Bonchev–Trinajstić information content (AvgIpc) is 2.50. The van der Waals surface area contributed by atoms with Crippen molar-refractivity contribution < 1.29 is 22.8 Å². The van der Waals surface area contributed by atoms with Crippen LogP contribution in [-0.2, 0) is 11.0 Å². The van der Waals surface area contributed by atoms with Gasteiger partial charge in [-0.1, -0.05) is 19.9 Å². The first-order chi connectivity index (χ1) is 11.1. The second-order valence-corrected chi connectivity index (χ2v) is 5.61. The van der Waals surface area contributed by atoms with Crippen LogP contribution in [0.15, 0.2) is 24.3 Å². The van der Waals surface area contributed by atoms with E-state index in [1.54, 1.807) is 6.07 Å². The highest BCUT2D eigenvalue weighted by atomic mass is 19.4. The van der Waals surface area contributed by atoms with Crippen molar-refractivity contribution in [2.75, 3.05) is 6.54 Å².